The third-order valence-corrected chi connectivity index (χ3v) is 6.65. The standard InChI is InChI=1S/C24H21N3O7S/c1-30-17-9-14(13-25)8-15(10-17)16-11-20(33-4)22-21(12-16)34-26-24(22)27-35(28,29)23-18(31-2)6-5-7-19(23)32-3/h5-12H,1-4H3,(H,26,27). The molecule has 0 fully saturated rings. The van der Waals surface area contributed by atoms with Gasteiger partial charge in [-0.1, -0.05) is 11.2 Å². The van der Waals surface area contributed by atoms with E-state index >= 15 is 0 Å². The number of aromatic nitrogens is 1. The molecule has 0 unspecified atom stereocenters. The van der Waals surface area contributed by atoms with Crippen molar-refractivity contribution < 1.29 is 31.9 Å². The Morgan fingerprint density at radius 1 is 0.886 bits per heavy atom. The monoisotopic (exact) mass is 495 g/mol. The van der Waals surface area contributed by atoms with Gasteiger partial charge in [-0.15, -0.1) is 0 Å². The summed E-state index contributed by atoms with van der Waals surface area (Å²) >= 11 is 0. The molecule has 180 valence electrons. The fourth-order valence-electron chi connectivity index (χ4n) is 3.64. The Balaban J connectivity index is 1.82. The molecule has 1 aromatic heterocycles. The minimum atomic E-state index is -4.20. The van der Waals surface area contributed by atoms with Gasteiger partial charge >= 0.3 is 0 Å². The minimum absolute atomic E-state index is 0.0697. The zero-order valence-corrected chi connectivity index (χ0v) is 20.1. The molecule has 0 atom stereocenters. The molecule has 4 rings (SSSR count). The summed E-state index contributed by atoms with van der Waals surface area (Å²) in [6.45, 7) is 0. The summed E-state index contributed by atoms with van der Waals surface area (Å²) in [6, 6.07) is 15.2. The SMILES string of the molecule is COc1cc(C#N)cc(-c2cc(OC)c3c(NS(=O)(=O)c4c(OC)cccc4OC)noc3c2)c1. The quantitative estimate of drug-likeness (QED) is 0.382. The molecular weight excluding hydrogens is 474 g/mol. The van der Waals surface area contributed by atoms with Crippen molar-refractivity contribution in [2.45, 2.75) is 4.90 Å². The van der Waals surface area contributed by atoms with Gasteiger partial charge in [0.2, 0.25) is 0 Å². The van der Waals surface area contributed by atoms with Gasteiger partial charge in [-0.2, -0.15) is 5.26 Å². The van der Waals surface area contributed by atoms with E-state index in [1.54, 1.807) is 36.4 Å². The van der Waals surface area contributed by atoms with E-state index in [2.05, 4.69) is 15.9 Å². The largest absolute Gasteiger partial charge is 0.497 e. The van der Waals surface area contributed by atoms with Crippen LogP contribution in [0.2, 0.25) is 0 Å². The highest BCUT2D eigenvalue weighted by molar-refractivity contribution is 7.93. The summed E-state index contributed by atoms with van der Waals surface area (Å²) in [4.78, 5) is -0.183. The molecule has 11 heteroatoms. The van der Waals surface area contributed by atoms with Gasteiger partial charge in [-0.3, -0.25) is 4.72 Å². The van der Waals surface area contributed by atoms with E-state index in [-0.39, 0.29) is 27.8 Å². The van der Waals surface area contributed by atoms with Crippen molar-refractivity contribution in [3.05, 3.63) is 54.1 Å². The highest BCUT2D eigenvalue weighted by Gasteiger charge is 2.28. The van der Waals surface area contributed by atoms with E-state index in [0.29, 0.717) is 33.6 Å². The van der Waals surface area contributed by atoms with Gasteiger partial charge < -0.3 is 23.5 Å². The van der Waals surface area contributed by atoms with Crippen LogP contribution in [0.3, 0.4) is 0 Å². The summed E-state index contributed by atoms with van der Waals surface area (Å²) in [5, 5.41) is 13.6. The highest BCUT2D eigenvalue weighted by Crippen LogP contribution is 2.40. The number of ether oxygens (including phenoxy) is 4. The second-order valence-electron chi connectivity index (χ2n) is 7.24. The van der Waals surface area contributed by atoms with Crippen LogP contribution >= 0.6 is 0 Å². The number of anilines is 1. The number of benzene rings is 3. The third-order valence-electron chi connectivity index (χ3n) is 5.25. The molecule has 0 aliphatic carbocycles. The first-order valence-corrected chi connectivity index (χ1v) is 11.6. The Hall–Kier alpha value is -4.43. The van der Waals surface area contributed by atoms with Crippen LogP contribution in [0.1, 0.15) is 5.56 Å². The molecule has 0 saturated carbocycles. The van der Waals surface area contributed by atoms with Gasteiger partial charge in [0.05, 0.1) is 40.1 Å². The Bertz CT molecular complexity index is 1530. The van der Waals surface area contributed by atoms with E-state index in [1.807, 2.05) is 0 Å². The number of rotatable bonds is 8. The van der Waals surface area contributed by atoms with Gasteiger partial charge in [0.25, 0.3) is 10.0 Å². The molecule has 0 bridgehead atoms. The van der Waals surface area contributed by atoms with E-state index in [9.17, 15) is 13.7 Å². The summed E-state index contributed by atoms with van der Waals surface area (Å²) in [6.07, 6.45) is 0. The van der Waals surface area contributed by atoms with Gasteiger partial charge in [0, 0.05) is 0 Å². The molecule has 0 aliphatic rings. The molecule has 0 spiro atoms. The van der Waals surface area contributed by atoms with Crippen LogP contribution in [0.25, 0.3) is 22.1 Å². The molecule has 4 aromatic rings. The fourth-order valence-corrected chi connectivity index (χ4v) is 4.97. The molecule has 0 saturated heterocycles. The van der Waals surface area contributed by atoms with Crippen LogP contribution in [-0.2, 0) is 10.0 Å². The molecule has 1 heterocycles. The average Bonchev–Trinajstić information content (AvgIpc) is 3.28. The van der Waals surface area contributed by atoms with Crippen LogP contribution in [0.4, 0.5) is 5.82 Å². The lowest BCUT2D eigenvalue weighted by Gasteiger charge is -2.14. The number of methoxy groups -OCH3 is 4. The van der Waals surface area contributed by atoms with E-state index in [1.165, 1.54) is 40.6 Å². The summed E-state index contributed by atoms with van der Waals surface area (Å²) in [5.41, 5.74) is 2.01. The van der Waals surface area contributed by atoms with Gasteiger partial charge in [0.1, 0.15) is 28.4 Å². The van der Waals surface area contributed by atoms with E-state index in [0.717, 1.165) is 0 Å². The number of hydrogen-bond donors (Lipinski definition) is 1. The number of hydrogen-bond acceptors (Lipinski definition) is 9. The van der Waals surface area contributed by atoms with Gasteiger partial charge in [0.15, 0.2) is 16.3 Å². The molecular formula is C24H21N3O7S. The second kappa shape index (κ2) is 9.44. The van der Waals surface area contributed by atoms with Crippen LogP contribution in [0, 0.1) is 11.3 Å². The maximum atomic E-state index is 13.3. The van der Waals surface area contributed by atoms with Crippen LogP contribution in [0.15, 0.2) is 57.9 Å². The minimum Gasteiger partial charge on any atom is -0.497 e. The fraction of sp³-hybridized carbons (Fsp3) is 0.167. The van der Waals surface area contributed by atoms with Crippen molar-refractivity contribution in [2.75, 3.05) is 33.2 Å². The molecule has 35 heavy (non-hydrogen) atoms. The number of nitrogens with one attached hydrogen (secondary N) is 1. The van der Waals surface area contributed by atoms with Crippen molar-refractivity contribution in [2.24, 2.45) is 0 Å². The van der Waals surface area contributed by atoms with Crippen molar-refractivity contribution in [1.82, 2.24) is 5.16 Å². The Morgan fingerprint density at radius 3 is 2.14 bits per heavy atom. The summed E-state index contributed by atoms with van der Waals surface area (Å²) in [7, 11) is 1.48. The number of nitrogens with zero attached hydrogens (tertiary/aromatic N) is 2. The van der Waals surface area contributed by atoms with E-state index in [4.69, 9.17) is 23.5 Å². The predicted octanol–water partition coefficient (Wildman–Crippen LogP) is 4.20. The smallest absolute Gasteiger partial charge is 0.270 e. The lowest BCUT2D eigenvalue weighted by atomic mass is 10.0. The number of nitriles is 1. The zero-order chi connectivity index (χ0) is 25.2. The summed E-state index contributed by atoms with van der Waals surface area (Å²) < 4.78 is 55.7. The Morgan fingerprint density at radius 2 is 1.54 bits per heavy atom. The lowest BCUT2D eigenvalue weighted by Crippen LogP contribution is -2.15. The maximum Gasteiger partial charge on any atom is 0.270 e. The third kappa shape index (κ3) is 4.39. The molecule has 0 aliphatic heterocycles. The van der Waals surface area contributed by atoms with E-state index < -0.39 is 10.0 Å². The molecule has 10 nitrogen and oxygen atoms in total. The Kier molecular flexibility index (Phi) is 6.40. The van der Waals surface area contributed by atoms with Crippen molar-refractivity contribution >= 4 is 26.8 Å². The number of sulfonamides is 1. The molecule has 0 amide bonds. The van der Waals surface area contributed by atoms with Crippen LogP contribution < -0.4 is 23.7 Å². The topological polar surface area (TPSA) is 133 Å². The average molecular weight is 496 g/mol. The zero-order valence-electron chi connectivity index (χ0n) is 19.3. The highest BCUT2D eigenvalue weighted by atomic mass is 32.2. The molecule has 1 N–H and O–H groups in total. The Labute approximate surface area is 201 Å². The van der Waals surface area contributed by atoms with Crippen molar-refractivity contribution in [3.63, 3.8) is 0 Å². The van der Waals surface area contributed by atoms with Gasteiger partial charge in [-0.05, 0) is 53.6 Å². The van der Waals surface area contributed by atoms with Crippen LogP contribution in [-0.4, -0.2) is 42.0 Å². The van der Waals surface area contributed by atoms with Crippen molar-refractivity contribution in [3.8, 4) is 40.2 Å². The number of fused-ring (bicyclic) bond motifs is 1. The van der Waals surface area contributed by atoms with Crippen molar-refractivity contribution in [1.29, 1.82) is 5.26 Å². The van der Waals surface area contributed by atoms with Gasteiger partial charge in [-0.25, -0.2) is 8.42 Å². The first kappa shape index (κ1) is 23.7. The predicted molar refractivity (Wildman–Crippen MR) is 128 cm³/mol. The first-order valence-electron chi connectivity index (χ1n) is 10.2. The lowest BCUT2D eigenvalue weighted by molar-refractivity contribution is 0.373. The second-order valence-corrected chi connectivity index (χ2v) is 8.86. The molecule has 0 radical (unpaired) electrons. The first-order chi connectivity index (χ1) is 16.8. The maximum absolute atomic E-state index is 13.3. The van der Waals surface area contributed by atoms with Crippen LogP contribution in [0.5, 0.6) is 23.0 Å². The molecule has 3 aromatic carbocycles. The summed E-state index contributed by atoms with van der Waals surface area (Å²) in [5.74, 6) is 0.954. The normalized spacial score (nSPS) is 11.1.